The number of para-hydroxylation sites is 1. The molecule has 2 heteroatoms. The van der Waals surface area contributed by atoms with Gasteiger partial charge in [-0.3, -0.25) is 0 Å². The molecule has 0 amide bonds. The van der Waals surface area contributed by atoms with E-state index in [9.17, 15) is 0 Å². The van der Waals surface area contributed by atoms with E-state index in [-0.39, 0.29) is 0 Å². The first-order valence-electron chi connectivity index (χ1n) is 3.93. The van der Waals surface area contributed by atoms with Crippen molar-refractivity contribution in [3.63, 3.8) is 0 Å². The maximum absolute atomic E-state index is 5.45. The van der Waals surface area contributed by atoms with Gasteiger partial charge in [0, 0.05) is 6.42 Å². The topological polar surface area (TPSA) is 36.9 Å². The van der Waals surface area contributed by atoms with Crippen molar-refractivity contribution in [3.05, 3.63) is 29.8 Å². The fourth-order valence-corrected chi connectivity index (χ4v) is 1.42. The molecule has 0 saturated heterocycles. The Kier molecular flexibility index (Phi) is 1.55. The highest BCUT2D eigenvalue weighted by atomic mass is 16.5. The average Bonchev–Trinajstić information content (AvgIpc) is 2.06. The van der Waals surface area contributed by atoms with Crippen LogP contribution in [-0.4, -0.2) is 6.61 Å². The molecule has 1 atom stereocenters. The summed E-state index contributed by atoms with van der Waals surface area (Å²) in [6.07, 6.45) is 1.04. The number of benzene rings is 1. The Balaban J connectivity index is 2.44. The van der Waals surface area contributed by atoms with Gasteiger partial charge in [0.05, 0.1) is 12.2 Å². The maximum atomic E-state index is 5.45. The van der Waals surface area contributed by atoms with Crippen LogP contribution >= 0.6 is 0 Å². The molecule has 1 aromatic rings. The third-order valence-corrected chi connectivity index (χ3v) is 2.08. The van der Waals surface area contributed by atoms with Crippen LogP contribution in [0.4, 0.5) is 0 Å². The van der Waals surface area contributed by atoms with Crippen molar-refractivity contribution in [2.24, 2.45) is 0 Å². The minimum Gasteiger partial charge on any atom is -0.493 e. The number of hydrogen-bond donors (Lipinski definition) is 1. The molecule has 1 heterocycles. The monoisotopic (exact) mass is 150 g/mol. The molecule has 0 saturated carbocycles. The van der Waals surface area contributed by atoms with Crippen LogP contribution in [0.3, 0.4) is 0 Å². The second-order valence-corrected chi connectivity index (χ2v) is 2.87. The van der Waals surface area contributed by atoms with Crippen LogP contribution in [0.5, 0.6) is 5.75 Å². The zero-order chi connectivity index (χ0) is 7.68. The molecule has 3 N–H and O–H groups in total. The smallest absolute Gasteiger partial charge is 0.128 e. The number of quaternary nitrogens is 1. The highest BCUT2D eigenvalue weighted by molar-refractivity contribution is 5.35. The van der Waals surface area contributed by atoms with E-state index in [0.717, 1.165) is 18.8 Å². The van der Waals surface area contributed by atoms with E-state index in [1.54, 1.807) is 0 Å². The summed E-state index contributed by atoms with van der Waals surface area (Å²) in [5.74, 6) is 1.01. The molecule has 11 heavy (non-hydrogen) atoms. The fraction of sp³-hybridized carbons (Fsp3) is 0.333. The van der Waals surface area contributed by atoms with E-state index in [1.807, 2.05) is 18.2 Å². The van der Waals surface area contributed by atoms with E-state index >= 15 is 0 Å². The molecule has 0 bridgehead atoms. The molecular formula is C9H12NO+. The fourth-order valence-electron chi connectivity index (χ4n) is 1.42. The summed E-state index contributed by atoms with van der Waals surface area (Å²) >= 11 is 0. The summed E-state index contributed by atoms with van der Waals surface area (Å²) in [7, 11) is 0. The SMILES string of the molecule is [NH3+][C@@H]1CCOc2ccccc21. The highest BCUT2D eigenvalue weighted by Crippen LogP contribution is 2.28. The Morgan fingerprint density at radius 1 is 1.36 bits per heavy atom. The zero-order valence-electron chi connectivity index (χ0n) is 6.42. The van der Waals surface area contributed by atoms with Gasteiger partial charge in [0.1, 0.15) is 11.8 Å². The van der Waals surface area contributed by atoms with Crippen LogP contribution in [0.2, 0.25) is 0 Å². The highest BCUT2D eigenvalue weighted by Gasteiger charge is 2.19. The Hall–Kier alpha value is -1.02. The maximum Gasteiger partial charge on any atom is 0.128 e. The van der Waals surface area contributed by atoms with Crippen LogP contribution in [0.25, 0.3) is 0 Å². The number of rotatable bonds is 0. The molecule has 0 unspecified atom stereocenters. The van der Waals surface area contributed by atoms with Crippen molar-refractivity contribution in [2.45, 2.75) is 12.5 Å². The molecule has 0 radical (unpaired) electrons. The van der Waals surface area contributed by atoms with Gasteiger partial charge >= 0.3 is 0 Å². The first kappa shape index (κ1) is 6.68. The summed E-state index contributed by atoms with van der Waals surface area (Å²) in [6, 6.07) is 8.54. The van der Waals surface area contributed by atoms with Gasteiger partial charge < -0.3 is 10.5 Å². The van der Waals surface area contributed by atoms with E-state index in [4.69, 9.17) is 4.74 Å². The van der Waals surface area contributed by atoms with E-state index in [1.165, 1.54) is 5.56 Å². The van der Waals surface area contributed by atoms with Crippen molar-refractivity contribution in [1.29, 1.82) is 0 Å². The van der Waals surface area contributed by atoms with Crippen LogP contribution in [-0.2, 0) is 0 Å². The first-order valence-corrected chi connectivity index (χ1v) is 3.93. The second-order valence-electron chi connectivity index (χ2n) is 2.87. The van der Waals surface area contributed by atoms with Crippen LogP contribution in [0.15, 0.2) is 24.3 Å². The normalized spacial score (nSPS) is 22.1. The summed E-state index contributed by atoms with van der Waals surface area (Å²) in [4.78, 5) is 0. The summed E-state index contributed by atoms with van der Waals surface area (Å²) in [5, 5.41) is 0. The van der Waals surface area contributed by atoms with Crippen molar-refractivity contribution >= 4 is 0 Å². The minimum absolute atomic E-state index is 0.417. The third kappa shape index (κ3) is 1.10. The van der Waals surface area contributed by atoms with E-state index < -0.39 is 0 Å². The van der Waals surface area contributed by atoms with Gasteiger partial charge in [-0.1, -0.05) is 12.1 Å². The van der Waals surface area contributed by atoms with Gasteiger partial charge in [0.25, 0.3) is 0 Å². The Labute approximate surface area is 66.0 Å². The third-order valence-electron chi connectivity index (χ3n) is 2.08. The van der Waals surface area contributed by atoms with Crippen molar-refractivity contribution in [1.82, 2.24) is 0 Å². The Morgan fingerprint density at radius 3 is 3.00 bits per heavy atom. The standard InChI is InChI=1S/C9H11NO/c10-8-5-6-11-9-4-2-1-3-7(8)9/h1-4,8H,5-6,10H2/p+1/t8-/m1/s1. The Morgan fingerprint density at radius 2 is 2.18 bits per heavy atom. The molecule has 1 aromatic carbocycles. The van der Waals surface area contributed by atoms with Gasteiger partial charge in [-0.05, 0) is 12.1 Å². The van der Waals surface area contributed by atoms with Crippen LogP contribution in [0, 0.1) is 0 Å². The molecule has 1 aliphatic rings. The molecule has 0 aliphatic carbocycles. The van der Waals surface area contributed by atoms with Crippen LogP contribution in [0.1, 0.15) is 18.0 Å². The van der Waals surface area contributed by atoms with Crippen molar-refractivity contribution in [3.8, 4) is 5.75 Å². The summed E-state index contributed by atoms with van der Waals surface area (Å²) in [6.45, 7) is 0.811. The lowest BCUT2D eigenvalue weighted by molar-refractivity contribution is -0.430. The number of ether oxygens (including phenoxy) is 1. The summed E-state index contributed by atoms with van der Waals surface area (Å²) in [5.41, 5.74) is 5.31. The largest absolute Gasteiger partial charge is 0.493 e. The predicted octanol–water partition coefficient (Wildman–Crippen LogP) is 0.752. The quantitative estimate of drug-likeness (QED) is 0.582. The Bertz CT molecular complexity index is 259. The van der Waals surface area contributed by atoms with Gasteiger partial charge in [0.2, 0.25) is 0 Å². The van der Waals surface area contributed by atoms with Gasteiger partial charge in [-0.2, -0.15) is 0 Å². The van der Waals surface area contributed by atoms with Crippen LogP contribution < -0.4 is 10.5 Å². The molecule has 0 spiro atoms. The lowest BCUT2D eigenvalue weighted by atomic mass is 10.0. The molecule has 1 aliphatic heterocycles. The number of hydrogen-bond acceptors (Lipinski definition) is 1. The first-order chi connectivity index (χ1) is 5.38. The minimum atomic E-state index is 0.417. The molecular weight excluding hydrogens is 138 g/mol. The summed E-state index contributed by atoms with van der Waals surface area (Å²) < 4.78 is 5.45. The van der Waals surface area contributed by atoms with Crippen molar-refractivity contribution in [2.75, 3.05) is 6.61 Å². The molecule has 2 rings (SSSR count). The lowest BCUT2D eigenvalue weighted by Crippen LogP contribution is -2.55. The van der Waals surface area contributed by atoms with Gasteiger partial charge in [0.15, 0.2) is 0 Å². The number of fused-ring (bicyclic) bond motifs is 1. The predicted molar refractivity (Wildman–Crippen MR) is 42.2 cm³/mol. The molecule has 2 nitrogen and oxygen atoms in total. The lowest BCUT2D eigenvalue weighted by Gasteiger charge is -2.19. The van der Waals surface area contributed by atoms with E-state index in [2.05, 4.69) is 11.8 Å². The molecule has 58 valence electrons. The molecule has 0 aromatic heterocycles. The average molecular weight is 150 g/mol. The van der Waals surface area contributed by atoms with Gasteiger partial charge in [-0.15, -0.1) is 0 Å². The van der Waals surface area contributed by atoms with Crippen molar-refractivity contribution < 1.29 is 10.5 Å². The second kappa shape index (κ2) is 2.55. The van der Waals surface area contributed by atoms with E-state index in [0.29, 0.717) is 6.04 Å². The molecule has 0 fully saturated rings. The zero-order valence-corrected chi connectivity index (χ0v) is 6.42. The van der Waals surface area contributed by atoms with Gasteiger partial charge in [-0.25, -0.2) is 0 Å².